The smallest absolute Gasteiger partial charge is 0.244 e. The van der Waals surface area contributed by atoms with Crippen LogP contribution < -0.4 is 10.5 Å². The molecule has 0 unspecified atom stereocenters. The van der Waals surface area contributed by atoms with E-state index in [9.17, 15) is 4.79 Å². The summed E-state index contributed by atoms with van der Waals surface area (Å²) in [5.74, 6) is -0.255. The third-order valence-corrected chi connectivity index (χ3v) is 5.37. The van der Waals surface area contributed by atoms with E-state index in [4.69, 9.17) is 17.3 Å². The molecular formula is C21H17ClN6OS. The molecule has 7 nitrogen and oxygen atoms in total. The van der Waals surface area contributed by atoms with Crippen LogP contribution in [0.15, 0.2) is 77.0 Å². The number of halogens is 1. The fraction of sp³-hybridized carbons (Fsp3) is 0.0476. The van der Waals surface area contributed by atoms with Crippen LogP contribution in [0, 0.1) is 0 Å². The molecule has 0 fully saturated rings. The van der Waals surface area contributed by atoms with Gasteiger partial charge >= 0.3 is 0 Å². The molecule has 0 saturated carbocycles. The summed E-state index contributed by atoms with van der Waals surface area (Å²) in [6, 6.07) is 15.6. The van der Waals surface area contributed by atoms with Crippen LogP contribution in [0.3, 0.4) is 0 Å². The predicted molar refractivity (Wildman–Crippen MR) is 121 cm³/mol. The lowest BCUT2D eigenvalue weighted by Crippen LogP contribution is -2.17. The van der Waals surface area contributed by atoms with Crippen LogP contribution in [0.4, 0.5) is 5.69 Å². The Morgan fingerprint density at radius 2 is 1.93 bits per heavy atom. The van der Waals surface area contributed by atoms with E-state index in [-0.39, 0.29) is 11.7 Å². The third-order valence-electron chi connectivity index (χ3n) is 4.24. The molecule has 30 heavy (non-hydrogen) atoms. The van der Waals surface area contributed by atoms with E-state index in [2.05, 4.69) is 19.7 Å². The topological polar surface area (TPSA) is 97.7 Å². The van der Waals surface area contributed by atoms with Crippen molar-refractivity contribution in [1.82, 2.24) is 14.4 Å². The van der Waals surface area contributed by atoms with Gasteiger partial charge in [-0.1, -0.05) is 29.8 Å². The van der Waals surface area contributed by atoms with E-state index in [1.165, 1.54) is 18.9 Å². The number of amides is 1. The van der Waals surface area contributed by atoms with Crippen LogP contribution in [0.2, 0.25) is 5.15 Å². The fourth-order valence-corrected chi connectivity index (χ4v) is 3.73. The zero-order valence-electron chi connectivity index (χ0n) is 15.9. The number of nitrogens with two attached hydrogens (primary N) is 1. The van der Waals surface area contributed by atoms with Gasteiger partial charge in [0.15, 0.2) is 11.0 Å². The second kappa shape index (κ2) is 8.56. The summed E-state index contributed by atoms with van der Waals surface area (Å²) < 4.78 is 5.04. The molecule has 4 aromatic rings. The van der Waals surface area contributed by atoms with Crippen molar-refractivity contribution in [1.29, 1.82) is 0 Å². The molecule has 9 heteroatoms. The van der Waals surface area contributed by atoms with Crippen molar-refractivity contribution in [2.45, 2.75) is 11.8 Å². The number of imidazole rings is 1. The molecule has 0 aliphatic rings. The number of aromatic nitrogens is 3. The summed E-state index contributed by atoms with van der Waals surface area (Å²) in [4.78, 5) is 24.8. The molecule has 4 rings (SSSR count). The Morgan fingerprint density at radius 3 is 2.70 bits per heavy atom. The van der Waals surface area contributed by atoms with Gasteiger partial charge in [-0.15, -0.1) is 0 Å². The standard InChI is InChI=1S/C21H17ClN6OS/c1-13(29)26-21(23)18-11-24-19-8-7-14(12-28(18)19)15-9-17(20(22)25-10-15)27-30-16-5-3-2-4-6-16/h2-12,27H,1H3,(H2,23,26,29). The molecule has 3 aromatic heterocycles. The number of nitrogens with one attached hydrogen (secondary N) is 1. The Kier molecular flexibility index (Phi) is 5.69. The molecular weight excluding hydrogens is 420 g/mol. The summed E-state index contributed by atoms with van der Waals surface area (Å²) in [5, 5.41) is 0.379. The van der Waals surface area contributed by atoms with Crippen molar-refractivity contribution >= 4 is 46.6 Å². The van der Waals surface area contributed by atoms with Crippen LogP contribution in [0.5, 0.6) is 0 Å². The highest BCUT2D eigenvalue weighted by Gasteiger charge is 2.11. The van der Waals surface area contributed by atoms with Gasteiger partial charge in [-0.25, -0.2) is 9.97 Å². The van der Waals surface area contributed by atoms with E-state index in [1.54, 1.807) is 16.8 Å². The zero-order chi connectivity index (χ0) is 21.1. The highest BCUT2D eigenvalue weighted by Crippen LogP contribution is 2.30. The first-order valence-corrected chi connectivity index (χ1v) is 10.2. The minimum absolute atomic E-state index is 0.114. The maximum Gasteiger partial charge on any atom is 0.244 e. The Hall–Kier alpha value is -3.36. The van der Waals surface area contributed by atoms with Gasteiger partial charge in [-0.3, -0.25) is 9.20 Å². The van der Waals surface area contributed by atoms with Gasteiger partial charge in [-0.05, 0) is 42.3 Å². The molecule has 0 spiro atoms. The number of hydrogen-bond donors (Lipinski definition) is 2. The summed E-state index contributed by atoms with van der Waals surface area (Å²) in [5.41, 5.74) is 9.64. The van der Waals surface area contributed by atoms with Crippen LogP contribution in [-0.4, -0.2) is 26.1 Å². The van der Waals surface area contributed by atoms with E-state index >= 15 is 0 Å². The molecule has 0 saturated heterocycles. The monoisotopic (exact) mass is 436 g/mol. The first kappa shape index (κ1) is 19.9. The lowest BCUT2D eigenvalue weighted by molar-refractivity contribution is -0.115. The summed E-state index contributed by atoms with van der Waals surface area (Å²) >= 11 is 7.73. The summed E-state index contributed by atoms with van der Waals surface area (Å²) in [7, 11) is 0. The van der Waals surface area contributed by atoms with Crippen molar-refractivity contribution in [3.8, 4) is 11.1 Å². The maximum absolute atomic E-state index is 11.3. The number of aliphatic imine (C=N–C) groups is 1. The van der Waals surface area contributed by atoms with E-state index in [0.717, 1.165) is 16.0 Å². The molecule has 3 heterocycles. The van der Waals surface area contributed by atoms with E-state index in [1.807, 2.05) is 54.7 Å². The van der Waals surface area contributed by atoms with Crippen molar-refractivity contribution in [3.63, 3.8) is 0 Å². The van der Waals surface area contributed by atoms with Crippen molar-refractivity contribution in [3.05, 3.63) is 78.0 Å². The number of benzene rings is 1. The van der Waals surface area contributed by atoms with Gasteiger partial charge < -0.3 is 10.5 Å². The SMILES string of the molecule is CC(=O)N=C(N)c1cnc2ccc(-c3cnc(Cl)c(NSc4ccccc4)c3)cn12. The largest absolute Gasteiger partial charge is 0.382 e. The molecule has 1 aromatic carbocycles. The fourth-order valence-electron chi connectivity index (χ4n) is 2.85. The van der Waals surface area contributed by atoms with Crippen molar-refractivity contribution in [2.24, 2.45) is 10.7 Å². The molecule has 3 N–H and O–H groups in total. The Morgan fingerprint density at radius 1 is 1.13 bits per heavy atom. The second-order valence-corrected chi connectivity index (χ2v) is 7.62. The predicted octanol–water partition coefficient (Wildman–Crippen LogP) is 4.42. The van der Waals surface area contributed by atoms with Gasteiger partial charge in [-0.2, -0.15) is 4.99 Å². The van der Waals surface area contributed by atoms with E-state index < -0.39 is 0 Å². The number of anilines is 1. The summed E-state index contributed by atoms with van der Waals surface area (Å²) in [6.07, 6.45) is 5.16. The van der Waals surface area contributed by atoms with Gasteiger partial charge in [0.1, 0.15) is 11.3 Å². The highest BCUT2D eigenvalue weighted by atomic mass is 35.5. The second-order valence-electron chi connectivity index (χ2n) is 6.39. The minimum atomic E-state index is -0.368. The average Bonchev–Trinajstić information content (AvgIpc) is 3.17. The van der Waals surface area contributed by atoms with Crippen LogP contribution >= 0.6 is 23.5 Å². The lowest BCUT2D eigenvalue weighted by Gasteiger charge is -2.10. The minimum Gasteiger partial charge on any atom is -0.382 e. The van der Waals surface area contributed by atoms with Gasteiger partial charge in [0.2, 0.25) is 5.91 Å². The zero-order valence-corrected chi connectivity index (χ0v) is 17.5. The third kappa shape index (κ3) is 4.29. The molecule has 150 valence electrons. The number of fused-ring (bicyclic) bond motifs is 1. The molecule has 0 bridgehead atoms. The van der Waals surface area contributed by atoms with Gasteiger partial charge in [0.25, 0.3) is 0 Å². The number of nitrogens with zero attached hydrogens (tertiary/aromatic N) is 4. The molecule has 0 aliphatic heterocycles. The van der Waals surface area contributed by atoms with Gasteiger partial charge in [0.05, 0.1) is 11.9 Å². The maximum atomic E-state index is 11.3. The van der Waals surface area contributed by atoms with Crippen LogP contribution in [0.25, 0.3) is 16.8 Å². The molecule has 1 amide bonds. The quantitative estimate of drug-likeness (QED) is 0.208. The van der Waals surface area contributed by atoms with Crippen molar-refractivity contribution in [2.75, 3.05) is 4.72 Å². The molecule has 0 aliphatic carbocycles. The number of pyridine rings is 2. The van der Waals surface area contributed by atoms with Crippen LogP contribution in [0.1, 0.15) is 12.6 Å². The number of rotatable bonds is 5. The van der Waals surface area contributed by atoms with Crippen molar-refractivity contribution < 1.29 is 4.79 Å². The van der Waals surface area contributed by atoms with Crippen LogP contribution in [-0.2, 0) is 4.79 Å². The first-order chi connectivity index (χ1) is 14.5. The van der Waals surface area contributed by atoms with Gasteiger partial charge in [0, 0.05) is 35.3 Å². The Balaban J connectivity index is 1.67. The average molecular weight is 437 g/mol. The highest BCUT2D eigenvalue weighted by molar-refractivity contribution is 8.00. The first-order valence-electron chi connectivity index (χ1n) is 8.97. The summed E-state index contributed by atoms with van der Waals surface area (Å²) in [6.45, 7) is 1.35. The Bertz CT molecular complexity index is 1260. The molecule has 0 atom stereocenters. The number of carbonyl (C=O) groups excluding carboxylic acids is 1. The van der Waals surface area contributed by atoms with E-state index in [0.29, 0.717) is 22.2 Å². The number of carbonyl (C=O) groups is 1. The number of hydrogen-bond acceptors (Lipinski definition) is 5. The number of amidine groups is 1. The molecule has 0 radical (unpaired) electrons. The normalized spacial score (nSPS) is 11.6. The Labute approximate surface area is 182 Å². The lowest BCUT2D eigenvalue weighted by atomic mass is 10.1.